The van der Waals surface area contributed by atoms with Crippen LogP contribution in [0.2, 0.25) is 0 Å². The Bertz CT molecular complexity index is 2760. The molecular formula is C44H28N2. The molecule has 0 atom stereocenters. The second-order valence-corrected chi connectivity index (χ2v) is 12.2. The van der Waals surface area contributed by atoms with E-state index in [1.165, 1.54) is 87.5 Å². The molecule has 2 heteroatoms. The number of aromatic nitrogens is 2. The molecule has 0 N–H and O–H groups in total. The highest BCUT2D eigenvalue weighted by Gasteiger charge is 2.18. The molecule has 2 aromatic heterocycles. The van der Waals surface area contributed by atoms with E-state index >= 15 is 0 Å². The summed E-state index contributed by atoms with van der Waals surface area (Å²) < 4.78 is 4.76. The van der Waals surface area contributed by atoms with Crippen molar-refractivity contribution < 1.29 is 0 Å². The van der Waals surface area contributed by atoms with Gasteiger partial charge in [0.25, 0.3) is 0 Å². The zero-order chi connectivity index (χ0) is 30.2. The van der Waals surface area contributed by atoms with Gasteiger partial charge in [0.1, 0.15) is 0 Å². The summed E-state index contributed by atoms with van der Waals surface area (Å²) in [5.41, 5.74) is 8.48. The summed E-state index contributed by atoms with van der Waals surface area (Å²) in [7, 11) is 0. The van der Waals surface area contributed by atoms with Crippen LogP contribution in [0.5, 0.6) is 0 Å². The highest BCUT2D eigenvalue weighted by molar-refractivity contribution is 6.26. The number of fused-ring (bicyclic) bond motifs is 11. The van der Waals surface area contributed by atoms with Gasteiger partial charge in [0.2, 0.25) is 0 Å². The molecule has 46 heavy (non-hydrogen) atoms. The van der Waals surface area contributed by atoms with Crippen molar-refractivity contribution in [3.8, 4) is 22.5 Å². The smallest absolute Gasteiger partial charge is 0.0635 e. The van der Waals surface area contributed by atoms with Crippen LogP contribution in [0.1, 0.15) is 0 Å². The Labute approximate surface area is 266 Å². The van der Waals surface area contributed by atoms with E-state index in [2.05, 4.69) is 179 Å². The third-order valence-electron chi connectivity index (χ3n) is 9.72. The van der Waals surface area contributed by atoms with Gasteiger partial charge in [-0.15, -0.1) is 0 Å². The lowest BCUT2D eigenvalue weighted by Gasteiger charge is -2.15. The quantitative estimate of drug-likeness (QED) is 0.183. The molecule has 214 valence electrons. The van der Waals surface area contributed by atoms with E-state index in [9.17, 15) is 0 Å². The van der Waals surface area contributed by atoms with Gasteiger partial charge in [-0.05, 0) is 92.0 Å². The third kappa shape index (κ3) is 3.59. The molecule has 10 aromatic rings. The van der Waals surface area contributed by atoms with Crippen molar-refractivity contribution in [1.82, 2.24) is 9.13 Å². The van der Waals surface area contributed by atoms with E-state index < -0.39 is 0 Å². The first-order chi connectivity index (χ1) is 22.8. The zero-order valence-electron chi connectivity index (χ0n) is 25.1. The SMILES string of the molecule is c1ccc(-c2ccc3c4ccc(-n5c6ccccc6c6ccc7c(ccn7-c7ccccc7)c65)cc4c4ccccc4c3c2)cc1. The van der Waals surface area contributed by atoms with Crippen molar-refractivity contribution in [2.75, 3.05) is 0 Å². The fourth-order valence-electron chi connectivity index (χ4n) is 7.65. The van der Waals surface area contributed by atoms with Gasteiger partial charge in [-0.2, -0.15) is 0 Å². The van der Waals surface area contributed by atoms with Crippen LogP contribution in [0.15, 0.2) is 170 Å². The molecule has 0 aliphatic carbocycles. The second kappa shape index (κ2) is 9.69. The molecule has 0 saturated carbocycles. The molecule has 8 aromatic carbocycles. The van der Waals surface area contributed by atoms with Crippen LogP contribution < -0.4 is 0 Å². The Kier molecular flexibility index (Phi) is 5.31. The van der Waals surface area contributed by atoms with Gasteiger partial charge >= 0.3 is 0 Å². The fraction of sp³-hybridized carbons (Fsp3) is 0. The van der Waals surface area contributed by atoms with Gasteiger partial charge in [0.15, 0.2) is 0 Å². The van der Waals surface area contributed by atoms with Gasteiger partial charge in [-0.25, -0.2) is 0 Å². The van der Waals surface area contributed by atoms with Crippen molar-refractivity contribution in [3.63, 3.8) is 0 Å². The maximum atomic E-state index is 2.47. The molecule has 0 spiro atoms. The van der Waals surface area contributed by atoms with E-state index in [0.29, 0.717) is 0 Å². The molecule has 0 bridgehead atoms. The predicted octanol–water partition coefficient (Wildman–Crippen LogP) is 11.9. The predicted molar refractivity (Wildman–Crippen MR) is 196 cm³/mol. The first-order valence-electron chi connectivity index (χ1n) is 15.9. The van der Waals surface area contributed by atoms with Gasteiger partial charge in [-0.1, -0.05) is 115 Å². The summed E-state index contributed by atoms with van der Waals surface area (Å²) in [6, 6.07) is 59.8. The van der Waals surface area contributed by atoms with Crippen molar-refractivity contribution in [1.29, 1.82) is 0 Å². The average Bonchev–Trinajstić information content (AvgIpc) is 3.72. The molecule has 0 aliphatic rings. The highest BCUT2D eigenvalue weighted by atomic mass is 15.0. The Morgan fingerprint density at radius 2 is 0.913 bits per heavy atom. The molecule has 0 saturated heterocycles. The average molecular weight is 585 g/mol. The summed E-state index contributed by atoms with van der Waals surface area (Å²) in [6.07, 6.45) is 2.20. The number of nitrogens with zero attached hydrogens (tertiary/aromatic N) is 2. The molecule has 0 aliphatic heterocycles. The lowest BCUT2D eigenvalue weighted by Crippen LogP contribution is -1.96. The van der Waals surface area contributed by atoms with E-state index in [1.807, 2.05) is 0 Å². The largest absolute Gasteiger partial charge is 0.316 e. The molecule has 10 rings (SSSR count). The summed E-state index contributed by atoms with van der Waals surface area (Å²) in [6.45, 7) is 0. The lowest BCUT2D eigenvalue weighted by atomic mass is 9.92. The van der Waals surface area contributed by atoms with Crippen LogP contribution >= 0.6 is 0 Å². The van der Waals surface area contributed by atoms with Crippen LogP contribution in [0, 0.1) is 0 Å². The van der Waals surface area contributed by atoms with Crippen molar-refractivity contribution in [3.05, 3.63) is 170 Å². The number of rotatable bonds is 3. The minimum absolute atomic E-state index is 1.17. The standard InChI is InChI=1S/C44H28N2/c1-3-11-29(12-4-1)30-19-21-35-36-22-20-32(28-41(36)34-16-8-7-15-33(34)40(35)27-30)46-43-18-10-9-17-37(43)38-23-24-42-39(44(38)46)25-26-45(42)31-13-5-2-6-14-31/h1-28H. The monoisotopic (exact) mass is 584 g/mol. The number of hydrogen-bond donors (Lipinski definition) is 0. The van der Waals surface area contributed by atoms with Gasteiger partial charge < -0.3 is 9.13 Å². The first-order valence-corrected chi connectivity index (χ1v) is 15.9. The van der Waals surface area contributed by atoms with Crippen LogP contribution in [0.25, 0.3) is 87.5 Å². The van der Waals surface area contributed by atoms with Gasteiger partial charge in [-0.3, -0.25) is 0 Å². The molecule has 0 fully saturated rings. The molecule has 0 radical (unpaired) electrons. The minimum Gasteiger partial charge on any atom is -0.316 e. The number of hydrogen-bond acceptors (Lipinski definition) is 0. The Morgan fingerprint density at radius 1 is 0.304 bits per heavy atom. The Hall–Kier alpha value is -6.12. The normalized spacial score (nSPS) is 11.9. The van der Waals surface area contributed by atoms with E-state index in [0.717, 1.165) is 0 Å². The van der Waals surface area contributed by atoms with Crippen molar-refractivity contribution in [2.24, 2.45) is 0 Å². The number of benzene rings is 8. The van der Waals surface area contributed by atoms with E-state index in [-0.39, 0.29) is 0 Å². The third-order valence-corrected chi connectivity index (χ3v) is 9.72. The van der Waals surface area contributed by atoms with Gasteiger partial charge in [0, 0.05) is 33.7 Å². The van der Waals surface area contributed by atoms with E-state index in [4.69, 9.17) is 0 Å². The maximum absolute atomic E-state index is 2.47. The lowest BCUT2D eigenvalue weighted by molar-refractivity contribution is 1.13. The van der Waals surface area contributed by atoms with Crippen LogP contribution in [-0.2, 0) is 0 Å². The van der Waals surface area contributed by atoms with Crippen LogP contribution in [0.3, 0.4) is 0 Å². The molecule has 2 nitrogen and oxygen atoms in total. The summed E-state index contributed by atoms with van der Waals surface area (Å²) in [4.78, 5) is 0. The number of para-hydroxylation sites is 2. The summed E-state index contributed by atoms with van der Waals surface area (Å²) in [5, 5.41) is 11.5. The van der Waals surface area contributed by atoms with Crippen LogP contribution in [0.4, 0.5) is 0 Å². The molecule has 2 heterocycles. The first kappa shape index (κ1) is 25.2. The van der Waals surface area contributed by atoms with Crippen molar-refractivity contribution in [2.45, 2.75) is 0 Å². The molecule has 0 amide bonds. The maximum Gasteiger partial charge on any atom is 0.0635 e. The minimum atomic E-state index is 1.17. The summed E-state index contributed by atoms with van der Waals surface area (Å²) >= 11 is 0. The van der Waals surface area contributed by atoms with Gasteiger partial charge in [0.05, 0.1) is 16.6 Å². The van der Waals surface area contributed by atoms with Crippen molar-refractivity contribution >= 4 is 65.0 Å². The van der Waals surface area contributed by atoms with E-state index in [1.54, 1.807) is 0 Å². The molecular weight excluding hydrogens is 556 g/mol. The highest BCUT2D eigenvalue weighted by Crippen LogP contribution is 2.41. The second-order valence-electron chi connectivity index (χ2n) is 12.2. The Morgan fingerprint density at radius 3 is 1.70 bits per heavy atom. The fourth-order valence-corrected chi connectivity index (χ4v) is 7.65. The summed E-state index contributed by atoms with van der Waals surface area (Å²) in [5.74, 6) is 0. The van der Waals surface area contributed by atoms with Crippen LogP contribution in [-0.4, -0.2) is 9.13 Å². The topological polar surface area (TPSA) is 9.86 Å². The Balaban J connectivity index is 1.27. The zero-order valence-corrected chi connectivity index (χ0v) is 25.1. The molecule has 0 unspecified atom stereocenters.